The first-order valence-corrected chi connectivity index (χ1v) is 9.92. The summed E-state index contributed by atoms with van der Waals surface area (Å²) in [7, 11) is -3.55. The number of ether oxygens (including phenoxy) is 1. The van der Waals surface area contributed by atoms with Crippen LogP contribution in [0.4, 0.5) is 5.69 Å². The number of anilines is 1. The van der Waals surface area contributed by atoms with Gasteiger partial charge in [-0.25, -0.2) is 8.42 Å². The molecule has 1 N–H and O–H groups in total. The van der Waals surface area contributed by atoms with Gasteiger partial charge in [-0.05, 0) is 37.5 Å². The van der Waals surface area contributed by atoms with Crippen molar-refractivity contribution in [1.82, 2.24) is 4.31 Å². The molecule has 6 nitrogen and oxygen atoms in total. The number of amides is 1. The lowest BCUT2D eigenvalue weighted by molar-refractivity contribution is -0.119. The second-order valence-electron chi connectivity index (χ2n) is 6.46. The Morgan fingerprint density at radius 3 is 2.54 bits per heavy atom. The molecule has 2 aliphatic rings. The number of carbonyl (C=O) groups excluding carboxylic acids is 1. The van der Waals surface area contributed by atoms with Crippen LogP contribution in [0.2, 0.25) is 0 Å². The molecule has 1 aromatic carbocycles. The van der Waals surface area contributed by atoms with E-state index in [-0.39, 0.29) is 16.7 Å². The average Bonchev–Trinajstić information content (AvgIpc) is 3.12. The molecule has 1 amide bonds. The standard InChI is InChI=1S/C17H24N2O4S/c1-13-6-7-15(24(21,22)19-8-10-23-11-9-19)12-16(13)18-17(20)14-4-2-3-5-14/h6-7,12,14H,2-5,8-11H2,1H3,(H,18,20). The van der Waals surface area contributed by atoms with Crippen LogP contribution in [-0.2, 0) is 19.6 Å². The van der Waals surface area contributed by atoms with Crippen molar-refractivity contribution in [3.8, 4) is 0 Å². The summed E-state index contributed by atoms with van der Waals surface area (Å²) >= 11 is 0. The van der Waals surface area contributed by atoms with Crippen molar-refractivity contribution in [3.05, 3.63) is 23.8 Å². The summed E-state index contributed by atoms with van der Waals surface area (Å²) in [6.45, 7) is 3.42. The van der Waals surface area contributed by atoms with Gasteiger partial charge in [0.2, 0.25) is 15.9 Å². The molecule has 1 heterocycles. The minimum Gasteiger partial charge on any atom is -0.379 e. The summed E-state index contributed by atoms with van der Waals surface area (Å²) in [4.78, 5) is 12.6. The Balaban J connectivity index is 1.81. The summed E-state index contributed by atoms with van der Waals surface area (Å²) in [5, 5.41) is 2.92. The van der Waals surface area contributed by atoms with E-state index in [0.29, 0.717) is 32.0 Å². The number of nitrogens with one attached hydrogen (secondary N) is 1. The zero-order valence-corrected chi connectivity index (χ0v) is 14.8. The smallest absolute Gasteiger partial charge is 0.243 e. The van der Waals surface area contributed by atoms with Crippen LogP contribution in [0.3, 0.4) is 0 Å². The van der Waals surface area contributed by atoms with Crippen LogP contribution < -0.4 is 5.32 Å². The number of morpholine rings is 1. The molecule has 7 heteroatoms. The van der Waals surface area contributed by atoms with Crippen molar-refractivity contribution < 1.29 is 17.9 Å². The lowest BCUT2D eigenvalue weighted by Gasteiger charge is -2.26. The third-order valence-corrected chi connectivity index (χ3v) is 6.70. The van der Waals surface area contributed by atoms with Gasteiger partial charge in [0.15, 0.2) is 0 Å². The Morgan fingerprint density at radius 2 is 1.88 bits per heavy atom. The average molecular weight is 352 g/mol. The molecular formula is C17H24N2O4S. The van der Waals surface area contributed by atoms with Gasteiger partial charge in [-0.3, -0.25) is 4.79 Å². The van der Waals surface area contributed by atoms with Crippen LogP contribution in [0.5, 0.6) is 0 Å². The highest BCUT2D eigenvalue weighted by Crippen LogP contribution is 2.28. The van der Waals surface area contributed by atoms with Crippen molar-refractivity contribution in [1.29, 1.82) is 0 Å². The summed E-state index contributed by atoms with van der Waals surface area (Å²) in [6.07, 6.45) is 4.00. The van der Waals surface area contributed by atoms with Crippen molar-refractivity contribution in [2.45, 2.75) is 37.5 Å². The quantitative estimate of drug-likeness (QED) is 0.901. The van der Waals surface area contributed by atoms with Crippen molar-refractivity contribution in [3.63, 3.8) is 0 Å². The first kappa shape index (κ1) is 17.4. The van der Waals surface area contributed by atoms with E-state index in [1.807, 2.05) is 6.92 Å². The summed E-state index contributed by atoms with van der Waals surface area (Å²) in [5.41, 5.74) is 1.45. The Morgan fingerprint density at radius 1 is 1.21 bits per heavy atom. The van der Waals surface area contributed by atoms with Crippen LogP contribution >= 0.6 is 0 Å². The summed E-state index contributed by atoms with van der Waals surface area (Å²) in [6, 6.07) is 4.93. The van der Waals surface area contributed by atoms with E-state index >= 15 is 0 Å². The molecule has 0 aromatic heterocycles. The third kappa shape index (κ3) is 3.63. The zero-order chi connectivity index (χ0) is 17.2. The van der Waals surface area contributed by atoms with Gasteiger partial charge in [0, 0.05) is 24.7 Å². The van der Waals surface area contributed by atoms with E-state index < -0.39 is 10.0 Å². The highest BCUT2D eigenvalue weighted by atomic mass is 32.2. The zero-order valence-electron chi connectivity index (χ0n) is 14.0. The molecule has 2 fully saturated rings. The number of sulfonamides is 1. The number of hydrogen-bond acceptors (Lipinski definition) is 4. The predicted octanol–water partition coefficient (Wildman–Crippen LogP) is 2.14. The van der Waals surface area contributed by atoms with E-state index in [1.54, 1.807) is 18.2 Å². The molecule has 0 atom stereocenters. The molecule has 1 saturated carbocycles. The van der Waals surface area contributed by atoms with E-state index in [2.05, 4.69) is 5.32 Å². The number of rotatable bonds is 4. The molecule has 24 heavy (non-hydrogen) atoms. The molecule has 132 valence electrons. The Labute approximate surface area is 143 Å². The van der Waals surface area contributed by atoms with Gasteiger partial charge in [-0.1, -0.05) is 18.9 Å². The van der Waals surface area contributed by atoms with Gasteiger partial charge in [0.05, 0.1) is 18.1 Å². The minimum absolute atomic E-state index is 0.00322. The van der Waals surface area contributed by atoms with Crippen molar-refractivity contribution in [2.75, 3.05) is 31.6 Å². The number of nitrogens with zero attached hydrogens (tertiary/aromatic N) is 1. The number of benzene rings is 1. The Kier molecular flexibility index (Phi) is 5.22. The van der Waals surface area contributed by atoms with Gasteiger partial charge in [0.1, 0.15) is 0 Å². The lowest BCUT2D eigenvalue weighted by atomic mass is 10.1. The van der Waals surface area contributed by atoms with E-state index in [9.17, 15) is 13.2 Å². The molecule has 1 aromatic rings. The second-order valence-corrected chi connectivity index (χ2v) is 8.40. The van der Waals surface area contributed by atoms with Gasteiger partial charge < -0.3 is 10.1 Å². The van der Waals surface area contributed by atoms with Crippen LogP contribution in [0.25, 0.3) is 0 Å². The largest absolute Gasteiger partial charge is 0.379 e. The SMILES string of the molecule is Cc1ccc(S(=O)(=O)N2CCOCC2)cc1NC(=O)C1CCCC1. The first-order valence-electron chi connectivity index (χ1n) is 8.48. The highest BCUT2D eigenvalue weighted by Gasteiger charge is 2.27. The topological polar surface area (TPSA) is 75.7 Å². The van der Waals surface area contributed by atoms with Crippen LogP contribution in [0.1, 0.15) is 31.2 Å². The fraction of sp³-hybridized carbons (Fsp3) is 0.588. The highest BCUT2D eigenvalue weighted by molar-refractivity contribution is 7.89. The van der Waals surface area contributed by atoms with E-state index in [1.165, 1.54) is 4.31 Å². The van der Waals surface area contributed by atoms with Gasteiger partial charge in [-0.15, -0.1) is 0 Å². The maximum absolute atomic E-state index is 12.8. The maximum atomic E-state index is 12.8. The van der Waals surface area contributed by atoms with E-state index in [4.69, 9.17) is 4.74 Å². The third-order valence-electron chi connectivity index (χ3n) is 4.80. The van der Waals surface area contributed by atoms with Gasteiger partial charge in [0.25, 0.3) is 0 Å². The molecule has 1 aliphatic heterocycles. The van der Waals surface area contributed by atoms with Gasteiger partial charge >= 0.3 is 0 Å². The lowest BCUT2D eigenvalue weighted by Crippen LogP contribution is -2.40. The van der Waals surface area contributed by atoms with Crippen molar-refractivity contribution in [2.24, 2.45) is 5.92 Å². The maximum Gasteiger partial charge on any atom is 0.243 e. The number of aryl methyl sites for hydroxylation is 1. The summed E-state index contributed by atoms with van der Waals surface area (Å²) < 4.78 is 32.2. The van der Waals surface area contributed by atoms with Crippen LogP contribution in [0, 0.1) is 12.8 Å². The molecule has 0 spiro atoms. The normalized spacial score (nSPS) is 20.2. The van der Waals surface area contributed by atoms with E-state index in [0.717, 1.165) is 31.2 Å². The fourth-order valence-electron chi connectivity index (χ4n) is 3.26. The van der Waals surface area contributed by atoms with Crippen LogP contribution in [0.15, 0.2) is 23.1 Å². The summed E-state index contributed by atoms with van der Waals surface area (Å²) in [5.74, 6) is 0.0421. The minimum atomic E-state index is -3.55. The Bertz CT molecular complexity index is 705. The molecular weight excluding hydrogens is 328 g/mol. The monoisotopic (exact) mass is 352 g/mol. The molecule has 0 bridgehead atoms. The fourth-order valence-corrected chi connectivity index (χ4v) is 4.69. The Hall–Kier alpha value is -1.44. The predicted molar refractivity (Wildman–Crippen MR) is 91.3 cm³/mol. The number of hydrogen-bond donors (Lipinski definition) is 1. The number of carbonyl (C=O) groups is 1. The molecule has 1 aliphatic carbocycles. The molecule has 3 rings (SSSR count). The molecule has 0 unspecified atom stereocenters. The van der Waals surface area contributed by atoms with Crippen molar-refractivity contribution >= 4 is 21.6 Å². The van der Waals surface area contributed by atoms with Gasteiger partial charge in [-0.2, -0.15) is 4.31 Å². The first-order chi connectivity index (χ1) is 11.5. The van der Waals surface area contributed by atoms with Crippen LogP contribution in [-0.4, -0.2) is 44.9 Å². The second kappa shape index (κ2) is 7.21. The molecule has 1 saturated heterocycles. The molecule has 0 radical (unpaired) electrons.